The highest BCUT2D eigenvalue weighted by Crippen LogP contribution is 2.56. The number of ether oxygens (including phenoxy) is 1. The lowest BCUT2D eigenvalue weighted by atomic mass is 9.81. The van der Waals surface area contributed by atoms with Crippen molar-refractivity contribution in [3.8, 4) is 5.75 Å². The van der Waals surface area contributed by atoms with Crippen molar-refractivity contribution in [3.05, 3.63) is 29.8 Å². The molecule has 27 heavy (non-hydrogen) atoms. The lowest BCUT2D eigenvalue weighted by Crippen LogP contribution is -2.38. The minimum absolute atomic E-state index is 0.0636. The molecule has 3 fully saturated rings. The molecule has 1 aliphatic heterocycles. The number of hydrogen-bond acceptors (Lipinski definition) is 4. The Bertz CT molecular complexity index is 754. The maximum absolute atomic E-state index is 12.7. The molecule has 0 aromatic heterocycles. The van der Waals surface area contributed by atoms with Crippen LogP contribution in [-0.2, 0) is 19.8 Å². The highest BCUT2D eigenvalue weighted by Gasteiger charge is 2.61. The van der Waals surface area contributed by atoms with Gasteiger partial charge < -0.3 is 4.74 Å². The Morgan fingerprint density at radius 1 is 1.07 bits per heavy atom. The fraction of sp³-hybridized carbons (Fsp3) is 0.591. The molecule has 1 saturated heterocycles. The van der Waals surface area contributed by atoms with Crippen LogP contribution in [0.4, 0.5) is 0 Å². The predicted octanol–water partition coefficient (Wildman–Crippen LogP) is 3.31. The molecule has 2 amide bonds. The molecule has 2 aliphatic carbocycles. The Hall–Kier alpha value is -2.17. The molecule has 1 aromatic rings. The van der Waals surface area contributed by atoms with Gasteiger partial charge in [0.25, 0.3) is 0 Å². The summed E-state index contributed by atoms with van der Waals surface area (Å²) in [6.07, 6.45) is 4.06. The zero-order chi connectivity index (χ0) is 19.3. The van der Waals surface area contributed by atoms with Crippen LogP contribution in [0, 0.1) is 23.7 Å². The largest absolute Gasteiger partial charge is 0.425 e. The third kappa shape index (κ3) is 2.97. The summed E-state index contributed by atoms with van der Waals surface area (Å²) in [5.41, 5.74) is 1.24. The summed E-state index contributed by atoms with van der Waals surface area (Å²) < 4.78 is 5.38. The van der Waals surface area contributed by atoms with E-state index in [0.717, 1.165) is 30.6 Å². The Balaban J connectivity index is 1.40. The van der Waals surface area contributed by atoms with E-state index in [2.05, 4.69) is 20.8 Å². The second-order valence-corrected chi connectivity index (χ2v) is 8.88. The second kappa shape index (κ2) is 6.47. The van der Waals surface area contributed by atoms with Crippen molar-refractivity contribution in [2.45, 2.75) is 51.9 Å². The van der Waals surface area contributed by atoms with E-state index < -0.39 is 5.97 Å². The minimum Gasteiger partial charge on any atom is -0.425 e. The van der Waals surface area contributed by atoms with Crippen molar-refractivity contribution in [2.24, 2.45) is 23.7 Å². The van der Waals surface area contributed by atoms with E-state index in [1.165, 1.54) is 5.56 Å². The van der Waals surface area contributed by atoms with Gasteiger partial charge in [-0.1, -0.05) is 32.9 Å². The molecule has 4 rings (SSSR count). The quantitative estimate of drug-likeness (QED) is 0.454. The van der Waals surface area contributed by atoms with Crippen LogP contribution < -0.4 is 4.74 Å². The average Bonchev–Trinajstić information content (AvgIpc) is 3.32. The number of esters is 1. The molecule has 2 saturated carbocycles. The molecule has 3 aliphatic rings. The summed E-state index contributed by atoms with van der Waals surface area (Å²) >= 11 is 0. The van der Waals surface area contributed by atoms with Gasteiger partial charge in [0.05, 0.1) is 11.8 Å². The van der Waals surface area contributed by atoms with Crippen molar-refractivity contribution in [1.29, 1.82) is 0 Å². The molecule has 144 valence electrons. The summed E-state index contributed by atoms with van der Waals surface area (Å²) in [5.74, 6) is -0.206. The van der Waals surface area contributed by atoms with E-state index in [9.17, 15) is 14.4 Å². The van der Waals surface area contributed by atoms with Crippen molar-refractivity contribution in [2.75, 3.05) is 6.54 Å². The molecular formula is C22H27NO4. The molecular weight excluding hydrogens is 342 g/mol. The van der Waals surface area contributed by atoms with Crippen molar-refractivity contribution < 1.29 is 19.1 Å². The van der Waals surface area contributed by atoms with E-state index in [1.807, 2.05) is 12.1 Å². The number of hydrogen-bond donors (Lipinski definition) is 0. The van der Waals surface area contributed by atoms with Crippen LogP contribution in [0.2, 0.25) is 0 Å². The number of carbonyl (C=O) groups is 3. The molecule has 1 aromatic carbocycles. The van der Waals surface area contributed by atoms with E-state index >= 15 is 0 Å². The molecule has 0 unspecified atom stereocenters. The van der Waals surface area contributed by atoms with E-state index in [1.54, 1.807) is 12.1 Å². The summed E-state index contributed by atoms with van der Waals surface area (Å²) in [7, 11) is 0. The Morgan fingerprint density at radius 2 is 1.63 bits per heavy atom. The molecule has 5 heteroatoms. The molecule has 5 nitrogen and oxygen atoms in total. The van der Waals surface area contributed by atoms with Gasteiger partial charge in [0.1, 0.15) is 12.3 Å². The maximum Gasteiger partial charge on any atom is 0.331 e. The molecule has 2 bridgehead atoms. The number of nitrogens with zero attached hydrogens (tertiary/aromatic N) is 1. The molecule has 0 N–H and O–H groups in total. The lowest BCUT2D eigenvalue weighted by molar-refractivity contribution is -0.148. The third-order valence-corrected chi connectivity index (χ3v) is 7.06. The second-order valence-electron chi connectivity index (χ2n) is 8.88. The first kappa shape index (κ1) is 18.2. The first-order chi connectivity index (χ1) is 12.8. The number of likely N-dealkylation sites (tertiary alicyclic amines) is 1. The summed E-state index contributed by atoms with van der Waals surface area (Å²) in [5, 5.41) is 0. The van der Waals surface area contributed by atoms with Crippen LogP contribution in [-0.4, -0.2) is 29.2 Å². The molecule has 4 atom stereocenters. The first-order valence-electron chi connectivity index (χ1n) is 9.98. The molecule has 0 radical (unpaired) electrons. The van der Waals surface area contributed by atoms with Crippen LogP contribution in [0.1, 0.15) is 52.0 Å². The maximum atomic E-state index is 12.7. The Morgan fingerprint density at radius 3 is 2.15 bits per heavy atom. The van der Waals surface area contributed by atoms with E-state index in [-0.39, 0.29) is 35.6 Å². The normalized spacial score (nSPS) is 29.4. The van der Waals surface area contributed by atoms with Gasteiger partial charge in [-0.15, -0.1) is 0 Å². The van der Waals surface area contributed by atoms with Crippen molar-refractivity contribution >= 4 is 17.8 Å². The number of carbonyl (C=O) groups excluding carboxylic acids is 3. The SMILES string of the molecule is CCC(C)(C)c1ccc(OC(=O)CN2C(=O)[C@@H]3[C@H]4CC[C@@H](C4)[C@@H]3C2=O)cc1. The highest BCUT2D eigenvalue weighted by molar-refractivity contribution is 6.07. The number of imide groups is 1. The number of amides is 2. The first-order valence-corrected chi connectivity index (χ1v) is 9.98. The van der Waals surface area contributed by atoms with Gasteiger partial charge in [0.15, 0.2) is 0 Å². The van der Waals surface area contributed by atoms with Gasteiger partial charge in [0.2, 0.25) is 11.8 Å². The summed E-state index contributed by atoms with van der Waals surface area (Å²) in [6, 6.07) is 7.46. The lowest BCUT2D eigenvalue weighted by Gasteiger charge is -2.23. The summed E-state index contributed by atoms with van der Waals surface area (Å²) in [4.78, 5) is 38.8. The van der Waals surface area contributed by atoms with Crippen LogP contribution in [0.25, 0.3) is 0 Å². The van der Waals surface area contributed by atoms with Crippen LogP contribution in [0.15, 0.2) is 24.3 Å². The van der Waals surface area contributed by atoms with Gasteiger partial charge in [-0.2, -0.15) is 0 Å². The standard InChI is InChI=1S/C22H27NO4/c1-4-22(2,3)15-7-9-16(10-8-15)27-17(24)12-23-20(25)18-13-5-6-14(11-13)19(18)21(23)26/h7-10,13-14,18-19H,4-6,11-12H2,1-3H3/t13-,14-,18-,19+/m0/s1. The summed E-state index contributed by atoms with van der Waals surface area (Å²) in [6.45, 7) is 6.19. The van der Waals surface area contributed by atoms with Crippen molar-refractivity contribution in [3.63, 3.8) is 0 Å². The number of fused-ring (bicyclic) bond motifs is 5. The Labute approximate surface area is 160 Å². The smallest absolute Gasteiger partial charge is 0.331 e. The molecule has 1 heterocycles. The van der Waals surface area contributed by atoms with Gasteiger partial charge in [-0.05, 0) is 60.6 Å². The zero-order valence-electron chi connectivity index (χ0n) is 16.2. The van der Waals surface area contributed by atoms with Gasteiger partial charge in [0, 0.05) is 0 Å². The van der Waals surface area contributed by atoms with Crippen LogP contribution in [0.3, 0.4) is 0 Å². The highest BCUT2D eigenvalue weighted by atomic mass is 16.5. The Kier molecular flexibility index (Phi) is 4.36. The fourth-order valence-electron chi connectivity index (χ4n) is 5.10. The van der Waals surface area contributed by atoms with E-state index in [4.69, 9.17) is 4.74 Å². The topological polar surface area (TPSA) is 63.7 Å². The van der Waals surface area contributed by atoms with Crippen LogP contribution in [0.5, 0.6) is 5.75 Å². The number of rotatable bonds is 5. The van der Waals surface area contributed by atoms with Gasteiger partial charge in [-0.25, -0.2) is 4.79 Å². The number of benzene rings is 1. The predicted molar refractivity (Wildman–Crippen MR) is 99.9 cm³/mol. The fourth-order valence-corrected chi connectivity index (χ4v) is 5.10. The van der Waals surface area contributed by atoms with E-state index in [0.29, 0.717) is 17.6 Å². The van der Waals surface area contributed by atoms with Crippen LogP contribution >= 0.6 is 0 Å². The molecule has 0 spiro atoms. The zero-order valence-corrected chi connectivity index (χ0v) is 16.2. The van der Waals surface area contributed by atoms with Gasteiger partial charge in [-0.3, -0.25) is 14.5 Å². The minimum atomic E-state index is -0.563. The van der Waals surface area contributed by atoms with Gasteiger partial charge >= 0.3 is 5.97 Å². The average molecular weight is 369 g/mol. The monoisotopic (exact) mass is 369 g/mol. The third-order valence-electron chi connectivity index (χ3n) is 7.06. The van der Waals surface area contributed by atoms with Crippen molar-refractivity contribution in [1.82, 2.24) is 4.90 Å².